The number of benzene rings is 1. The summed E-state index contributed by atoms with van der Waals surface area (Å²) in [5.41, 5.74) is 1.42. The molecule has 118 valence electrons. The van der Waals surface area contributed by atoms with E-state index >= 15 is 0 Å². The Labute approximate surface area is 130 Å². The van der Waals surface area contributed by atoms with Crippen molar-refractivity contribution in [1.82, 2.24) is 15.1 Å². The minimum Gasteiger partial charge on any atom is -0.310 e. The summed E-state index contributed by atoms with van der Waals surface area (Å²) >= 11 is 0. The van der Waals surface area contributed by atoms with Gasteiger partial charge in [-0.05, 0) is 32.4 Å². The monoisotopic (exact) mass is 289 g/mol. The van der Waals surface area contributed by atoms with Crippen molar-refractivity contribution in [3.05, 3.63) is 35.9 Å². The fourth-order valence-electron chi connectivity index (χ4n) is 3.11. The summed E-state index contributed by atoms with van der Waals surface area (Å²) in [4.78, 5) is 4.99. The highest BCUT2D eigenvalue weighted by molar-refractivity contribution is 5.20. The number of nitrogens with one attached hydrogen (secondary N) is 1. The predicted octanol–water partition coefficient (Wildman–Crippen LogP) is 2.40. The van der Waals surface area contributed by atoms with E-state index in [1.807, 2.05) is 0 Å². The summed E-state index contributed by atoms with van der Waals surface area (Å²) in [5.74, 6) is 0.543. The fourth-order valence-corrected chi connectivity index (χ4v) is 3.11. The van der Waals surface area contributed by atoms with E-state index in [0.717, 1.165) is 6.54 Å². The minimum absolute atomic E-state index is 0.495. The number of likely N-dealkylation sites (N-methyl/N-ethyl adjacent to an activating group) is 1. The molecule has 0 spiro atoms. The van der Waals surface area contributed by atoms with Crippen LogP contribution in [0.4, 0.5) is 0 Å². The van der Waals surface area contributed by atoms with Crippen LogP contribution in [-0.4, -0.2) is 61.7 Å². The summed E-state index contributed by atoms with van der Waals surface area (Å²) in [6, 6.07) is 11.8. The van der Waals surface area contributed by atoms with Gasteiger partial charge in [0.25, 0.3) is 0 Å². The van der Waals surface area contributed by atoms with Crippen LogP contribution in [-0.2, 0) is 0 Å². The average Bonchev–Trinajstić information content (AvgIpc) is 2.49. The summed E-state index contributed by atoms with van der Waals surface area (Å²) < 4.78 is 0. The molecule has 0 aliphatic carbocycles. The standard InChI is InChI=1S/C18H31N3/c1-15(14-21-12-10-20(4)11-13-21)19-17(3)16(2)18-8-6-5-7-9-18/h5-9,15-17,19H,10-14H2,1-4H3/t15-,16+,17+/m1/s1. The van der Waals surface area contributed by atoms with Crippen molar-refractivity contribution in [2.75, 3.05) is 39.8 Å². The van der Waals surface area contributed by atoms with Gasteiger partial charge in [-0.3, -0.25) is 4.90 Å². The Morgan fingerprint density at radius 2 is 1.62 bits per heavy atom. The first-order valence-electron chi connectivity index (χ1n) is 8.28. The zero-order valence-corrected chi connectivity index (χ0v) is 14.0. The zero-order chi connectivity index (χ0) is 15.2. The van der Waals surface area contributed by atoms with Gasteiger partial charge in [-0.15, -0.1) is 0 Å². The maximum atomic E-state index is 3.78. The summed E-state index contributed by atoms with van der Waals surface area (Å²) in [5, 5.41) is 3.78. The van der Waals surface area contributed by atoms with Gasteiger partial charge >= 0.3 is 0 Å². The van der Waals surface area contributed by atoms with Crippen LogP contribution in [0.3, 0.4) is 0 Å². The molecule has 1 aromatic rings. The number of piperazine rings is 1. The van der Waals surface area contributed by atoms with Gasteiger partial charge in [-0.25, -0.2) is 0 Å². The zero-order valence-electron chi connectivity index (χ0n) is 14.0. The van der Waals surface area contributed by atoms with Gasteiger partial charge in [0.05, 0.1) is 0 Å². The Balaban J connectivity index is 1.78. The van der Waals surface area contributed by atoms with Gasteiger partial charge in [0, 0.05) is 44.8 Å². The van der Waals surface area contributed by atoms with Crippen molar-refractivity contribution in [2.24, 2.45) is 0 Å². The number of rotatable bonds is 6. The molecule has 3 nitrogen and oxygen atoms in total. The molecular formula is C18H31N3. The summed E-state index contributed by atoms with van der Waals surface area (Å²) in [6.07, 6.45) is 0. The van der Waals surface area contributed by atoms with E-state index in [4.69, 9.17) is 0 Å². The SMILES string of the molecule is C[C@H](CN1CCN(C)CC1)N[C@@H](C)[C@H](C)c1ccccc1. The van der Waals surface area contributed by atoms with Crippen LogP contribution >= 0.6 is 0 Å². The van der Waals surface area contributed by atoms with Gasteiger partial charge < -0.3 is 10.2 Å². The molecule has 0 radical (unpaired) electrons. The lowest BCUT2D eigenvalue weighted by molar-refractivity contribution is 0.142. The Morgan fingerprint density at radius 3 is 2.24 bits per heavy atom. The van der Waals surface area contributed by atoms with E-state index in [-0.39, 0.29) is 0 Å². The molecule has 1 fully saturated rings. The van der Waals surface area contributed by atoms with Gasteiger partial charge in [0.2, 0.25) is 0 Å². The van der Waals surface area contributed by atoms with Crippen LogP contribution < -0.4 is 5.32 Å². The molecule has 1 saturated heterocycles. The molecule has 0 aromatic heterocycles. The molecule has 0 amide bonds. The first-order chi connectivity index (χ1) is 10.1. The second kappa shape index (κ2) is 7.92. The van der Waals surface area contributed by atoms with Crippen LogP contribution in [0, 0.1) is 0 Å². The number of hydrogen-bond donors (Lipinski definition) is 1. The summed E-state index contributed by atoms with van der Waals surface area (Å²) in [6.45, 7) is 12.9. The van der Waals surface area contributed by atoms with E-state index in [2.05, 4.69) is 73.3 Å². The lowest BCUT2D eigenvalue weighted by atomic mass is 9.94. The van der Waals surface area contributed by atoms with Crippen molar-refractivity contribution >= 4 is 0 Å². The maximum absolute atomic E-state index is 3.78. The van der Waals surface area contributed by atoms with E-state index in [1.54, 1.807) is 0 Å². The molecule has 0 bridgehead atoms. The van der Waals surface area contributed by atoms with Gasteiger partial charge in [-0.1, -0.05) is 37.3 Å². The molecule has 0 saturated carbocycles. The average molecular weight is 289 g/mol. The van der Waals surface area contributed by atoms with E-state index in [9.17, 15) is 0 Å². The molecule has 1 N–H and O–H groups in total. The van der Waals surface area contributed by atoms with Gasteiger partial charge in [0.15, 0.2) is 0 Å². The molecule has 2 rings (SSSR count). The van der Waals surface area contributed by atoms with E-state index in [1.165, 1.54) is 31.7 Å². The first-order valence-corrected chi connectivity index (χ1v) is 8.28. The highest BCUT2D eigenvalue weighted by Gasteiger charge is 2.19. The largest absolute Gasteiger partial charge is 0.310 e. The Morgan fingerprint density at radius 1 is 1.00 bits per heavy atom. The van der Waals surface area contributed by atoms with Crippen LogP contribution in [0.2, 0.25) is 0 Å². The van der Waals surface area contributed by atoms with Crippen molar-refractivity contribution in [1.29, 1.82) is 0 Å². The molecule has 1 heterocycles. The van der Waals surface area contributed by atoms with Crippen LogP contribution in [0.25, 0.3) is 0 Å². The first kappa shape index (κ1) is 16.5. The van der Waals surface area contributed by atoms with E-state index in [0.29, 0.717) is 18.0 Å². The smallest absolute Gasteiger partial charge is 0.0169 e. The van der Waals surface area contributed by atoms with E-state index < -0.39 is 0 Å². The Bertz CT molecular complexity index is 398. The lowest BCUT2D eigenvalue weighted by Gasteiger charge is -2.35. The summed E-state index contributed by atoms with van der Waals surface area (Å²) in [7, 11) is 2.21. The van der Waals surface area contributed by atoms with Crippen LogP contribution in [0.1, 0.15) is 32.3 Å². The molecule has 3 atom stereocenters. The lowest BCUT2D eigenvalue weighted by Crippen LogP contribution is -2.50. The normalized spacial score (nSPS) is 21.9. The Hall–Kier alpha value is -0.900. The third kappa shape index (κ3) is 5.10. The molecule has 1 aliphatic rings. The second-order valence-corrected chi connectivity index (χ2v) is 6.66. The maximum Gasteiger partial charge on any atom is 0.0169 e. The van der Waals surface area contributed by atoms with Crippen molar-refractivity contribution < 1.29 is 0 Å². The predicted molar refractivity (Wildman–Crippen MR) is 90.9 cm³/mol. The van der Waals surface area contributed by atoms with Gasteiger partial charge in [-0.2, -0.15) is 0 Å². The quantitative estimate of drug-likeness (QED) is 0.867. The second-order valence-electron chi connectivity index (χ2n) is 6.66. The molecule has 1 aliphatic heterocycles. The van der Waals surface area contributed by atoms with Crippen molar-refractivity contribution in [2.45, 2.75) is 38.8 Å². The molecule has 1 aromatic carbocycles. The third-order valence-electron chi connectivity index (χ3n) is 4.75. The highest BCUT2D eigenvalue weighted by Crippen LogP contribution is 2.19. The number of nitrogens with zero attached hydrogens (tertiary/aromatic N) is 2. The molecule has 21 heavy (non-hydrogen) atoms. The Kier molecular flexibility index (Phi) is 6.22. The van der Waals surface area contributed by atoms with Gasteiger partial charge in [0.1, 0.15) is 0 Å². The van der Waals surface area contributed by atoms with Crippen molar-refractivity contribution in [3.63, 3.8) is 0 Å². The fraction of sp³-hybridized carbons (Fsp3) is 0.667. The molecule has 0 unspecified atom stereocenters. The molecular weight excluding hydrogens is 258 g/mol. The van der Waals surface area contributed by atoms with Crippen LogP contribution in [0.15, 0.2) is 30.3 Å². The minimum atomic E-state index is 0.495. The topological polar surface area (TPSA) is 18.5 Å². The third-order valence-corrected chi connectivity index (χ3v) is 4.75. The van der Waals surface area contributed by atoms with Crippen LogP contribution in [0.5, 0.6) is 0 Å². The molecule has 3 heteroatoms. The van der Waals surface area contributed by atoms with Crippen molar-refractivity contribution in [3.8, 4) is 0 Å². The highest BCUT2D eigenvalue weighted by atomic mass is 15.3. The number of hydrogen-bond acceptors (Lipinski definition) is 3.